The zero-order valence-corrected chi connectivity index (χ0v) is 11.0. The Morgan fingerprint density at radius 2 is 2.00 bits per heavy atom. The van der Waals surface area contributed by atoms with Gasteiger partial charge in [-0.25, -0.2) is 8.42 Å². The highest BCUT2D eigenvalue weighted by molar-refractivity contribution is 7.91. The number of sulfone groups is 1. The number of nitrogens with one attached hydrogen (secondary N) is 1. The number of aliphatic carboxylic acids is 1. The van der Waals surface area contributed by atoms with Crippen molar-refractivity contribution in [3.8, 4) is 0 Å². The number of rotatable bonds is 2. The predicted octanol–water partition coefficient (Wildman–Crippen LogP) is 1.35. The highest BCUT2D eigenvalue weighted by Gasteiger charge is 2.31. The summed E-state index contributed by atoms with van der Waals surface area (Å²) in [6, 6.07) is 2.84. The summed E-state index contributed by atoms with van der Waals surface area (Å²) in [5.41, 5.74) is 2.40. The Balaban J connectivity index is 2.47. The Labute approximate surface area is 106 Å². The summed E-state index contributed by atoms with van der Waals surface area (Å²) in [5.74, 6) is -1.18. The molecule has 1 unspecified atom stereocenters. The molecule has 5 nitrogen and oxygen atoms in total. The van der Waals surface area contributed by atoms with Crippen molar-refractivity contribution in [2.45, 2.75) is 31.2 Å². The summed E-state index contributed by atoms with van der Waals surface area (Å²) in [5, 5.41) is 11.7. The molecule has 0 spiro atoms. The standard InChI is InChI=1S/C12H15NO4S/c1-7-3-10-11(4-8(7)2)18(16,17)6-9(13-10)5-12(14)15/h3-4,9,13H,5-6H2,1-2H3,(H,14,15). The number of carboxylic acids is 1. The molecular weight excluding hydrogens is 254 g/mol. The van der Waals surface area contributed by atoms with E-state index in [-0.39, 0.29) is 17.1 Å². The van der Waals surface area contributed by atoms with E-state index in [2.05, 4.69) is 5.32 Å². The molecule has 1 aliphatic heterocycles. The van der Waals surface area contributed by atoms with Gasteiger partial charge in [0.25, 0.3) is 0 Å². The average molecular weight is 269 g/mol. The third kappa shape index (κ3) is 2.33. The zero-order chi connectivity index (χ0) is 13.5. The van der Waals surface area contributed by atoms with Crippen molar-refractivity contribution in [2.24, 2.45) is 0 Å². The minimum absolute atomic E-state index is 0.172. The second kappa shape index (κ2) is 4.28. The van der Waals surface area contributed by atoms with E-state index in [0.717, 1.165) is 11.1 Å². The molecule has 0 amide bonds. The minimum atomic E-state index is -3.40. The Kier molecular flexibility index (Phi) is 3.06. The SMILES string of the molecule is Cc1cc2c(cc1C)S(=O)(=O)CC(CC(=O)O)N2. The van der Waals surface area contributed by atoms with Crippen molar-refractivity contribution in [3.63, 3.8) is 0 Å². The highest BCUT2D eigenvalue weighted by Crippen LogP contribution is 2.31. The van der Waals surface area contributed by atoms with E-state index in [1.54, 1.807) is 12.1 Å². The van der Waals surface area contributed by atoms with Crippen LogP contribution in [0.2, 0.25) is 0 Å². The fourth-order valence-electron chi connectivity index (χ4n) is 2.10. The van der Waals surface area contributed by atoms with Gasteiger partial charge in [0.1, 0.15) is 0 Å². The molecule has 0 radical (unpaired) electrons. The normalized spacial score (nSPS) is 20.9. The molecule has 0 fully saturated rings. The number of aryl methyl sites for hydroxylation is 2. The molecule has 98 valence electrons. The van der Waals surface area contributed by atoms with E-state index in [0.29, 0.717) is 5.69 Å². The van der Waals surface area contributed by atoms with Gasteiger partial charge < -0.3 is 10.4 Å². The van der Waals surface area contributed by atoms with E-state index in [9.17, 15) is 13.2 Å². The molecule has 2 rings (SSSR count). The summed E-state index contributed by atoms with van der Waals surface area (Å²) in [6.07, 6.45) is -0.203. The Morgan fingerprint density at radius 1 is 1.39 bits per heavy atom. The van der Waals surface area contributed by atoms with Crippen LogP contribution in [0.3, 0.4) is 0 Å². The lowest BCUT2D eigenvalue weighted by Crippen LogP contribution is -2.36. The quantitative estimate of drug-likeness (QED) is 0.846. The lowest BCUT2D eigenvalue weighted by Gasteiger charge is -2.26. The van der Waals surface area contributed by atoms with Gasteiger partial charge in [-0.1, -0.05) is 0 Å². The van der Waals surface area contributed by atoms with Crippen molar-refractivity contribution in [1.29, 1.82) is 0 Å². The van der Waals surface area contributed by atoms with E-state index in [1.165, 1.54) is 0 Å². The topological polar surface area (TPSA) is 83.5 Å². The van der Waals surface area contributed by atoms with Crippen molar-refractivity contribution < 1.29 is 18.3 Å². The molecule has 18 heavy (non-hydrogen) atoms. The highest BCUT2D eigenvalue weighted by atomic mass is 32.2. The fourth-order valence-corrected chi connectivity index (χ4v) is 3.82. The van der Waals surface area contributed by atoms with Gasteiger partial charge in [-0.3, -0.25) is 4.79 Å². The summed E-state index contributed by atoms with van der Waals surface area (Å²) in [4.78, 5) is 10.9. The molecule has 1 aromatic carbocycles. The van der Waals surface area contributed by atoms with E-state index in [1.807, 2.05) is 13.8 Å². The number of benzene rings is 1. The number of hydrogen-bond donors (Lipinski definition) is 2. The molecule has 1 atom stereocenters. The smallest absolute Gasteiger partial charge is 0.305 e. The Bertz CT molecular complexity index is 607. The van der Waals surface area contributed by atoms with Crippen LogP contribution in [0.4, 0.5) is 5.69 Å². The number of carbonyl (C=O) groups is 1. The largest absolute Gasteiger partial charge is 0.481 e. The molecule has 2 N–H and O–H groups in total. The van der Waals surface area contributed by atoms with Gasteiger partial charge in [0, 0.05) is 0 Å². The molecule has 0 saturated heterocycles. The molecule has 6 heteroatoms. The molecule has 1 aliphatic rings. The van der Waals surface area contributed by atoms with Crippen molar-refractivity contribution in [2.75, 3.05) is 11.1 Å². The molecule has 0 aliphatic carbocycles. The third-order valence-electron chi connectivity index (χ3n) is 3.13. The summed E-state index contributed by atoms with van der Waals surface area (Å²) < 4.78 is 24.2. The van der Waals surface area contributed by atoms with Crippen LogP contribution in [0.5, 0.6) is 0 Å². The second-order valence-corrected chi connectivity index (χ2v) is 6.66. The van der Waals surface area contributed by atoms with Crippen LogP contribution in [0.25, 0.3) is 0 Å². The van der Waals surface area contributed by atoms with Gasteiger partial charge in [-0.05, 0) is 37.1 Å². The van der Waals surface area contributed by atoms with Gasteiger partial charge in [-0.15, -0.1) is 0 Å². The number of hydrogen-bond acceptors (Lipinski definition) is 4. The first-order chi connectivity index (χ1) is 8.29. The molecule has 1 aromatic rings. The summed E-state index contributed by atoms with van der Waals surface area (Å²) in [6.45, 7) is 3.75. The fraction of sp³-hybridized carbons (Fsp3) is 0.417. The van der Waals surface area contributed by atoms with Crippen LogP contribution in [0.15, 0.2) is 17.0 Å². The number of fused-ring (bicyclic) bond motifs is 1. The van der Waals surface area contributed by atoms with E-state index in [4.69, 9.17) is 5.11 Å². The van der Waals surface area contributed by atoms with Crippen LogP contribution < -0.4 is 5.32 Å². The van der Waals surface area contributed by atoms with Crippen LogP contribution >= 0.6 is 0 Å². The lowest BCUT2D eigenvalue weighted by molar-refractivity contribution is -0.137. The molecule has 0 bridgehead atoms. The van der Waals surface area contributed by atoms with Gasteiger partial charge in [0.05, 0.1) is 28.8 Å². The Morgan fingerprint density at radius 3 is 2.61 bits per heavy atom. The van der Waals surface area contributed by atoms with Crippen molar-refractivity contribution in [3.05, 3.63) is 23.3 Å². The lowest BCUT2D eigenvalue weighted by atomic mass is 10.1. The van der Waals surface area contributed by atoms with Gasteiger partial charge in [0.15, 0.2) is 9.84 Å². The summed E-state index contributed by atoms with van der Waals surface area (Å²) >= 11 is 0. The maximum absolute atomic E-state index is 12.1. The monoisotopic (exact) mass is 269 g/mol. The minimum Gasteiger partial charge on any atom is -0.481 e. The van der Waals surface area contributed by atoms with Gasteiger partial charge in [0.2, 0.25) is 0 Å². The first kappa shape index (κ1) is 12.9. The number of carboxylic acid groups (broad SMARTS) is 1. The van der Waals surface area contributed by atoms with Gasteiger partial charge in [-0.2, -0.15) is 0 Å². The van der Waals surface area contributed by atoms with Crippen molar-refractivity contribution >= 4 is 21.5 Å². The molecule has 0 saturated carbocycles. The Hall–Kier alpha value is -1.56. The van der Waals surface area contributed by atoms with Crippen LogP contribution in [-0.2, 0) is 14.6 Å². The average Bonchev–Trinajstić information content (AvgIpc) is 2.19. The maximum Gasteiger partial charge on any atom is 0.305 e. The zero-order valence-electron chi connectivity index (χ0n) is 10.2. The summed E-state index contributed by atoms with van der Waals surface area (Å²) in [7, 11) is -3.40. The van der Waals surface area contributed by atoms with Crippen LogP contribution in [-0.4, -0.2) is 31.3 Å². The van der Waals surface area contributed by atoms with Crippen molar-refractivity contribution in [1.82, 2.24) is 0 Å². The first-order valence-corrected chi connectivity index (χ1v) is 7.27. The predicted molar refractivity (Wildman–Crippen MR) is 67.6 cm³/mol. The molecule has 0 aromatic heterocycles. The molecular formula is C12H15NO4S. The third-order valence-corrected chi connectivity index (χ3v) is 4.98. The number of anilines is 1. The van der Waals surface area contributed by atoms with Crippen LogP contribution in [0, 0.1) is 13.8 Å². The van der Waals surface area contributed by atoms with E-state index < -0.39 is 21.8 Å². The second-order valence-electron chi connectivity index (χ2n) is 4.65. The maximum atomic E-state index is 12.1. The molecule has 1 heterocycles. The van der Waals surface area contributed by atoms with E-state index >= 15 is 0 Å². The van der Waals surface area contributed by atoms with Gasteiger partial charge >= 0.3 is 5.97 Å². The first-order valence-electron chi connectivity index (χ1n) is 5.62. The van der Waals surface area contributed by atoms with Crippen LogP contribution in [0.1, 0.15) is 17.5 Å².